The highest BCUT2D eigenvalue weighted by molar-refractivity contribution is 5.87. The van der Waals surface area contributed by atoms with Gasteiger partial charge >= 0.3 is 5.69 Å². The molecule has 3 aliphatic heterocycles. The molecule has 0 saturated carbocycles. The second-order valence-corrected chi connectivity index (χ2v) is 14.9. The van der Waals surface area contributed by atoms with Crippen LogP contribution in [0.2, 0.25) is 0 Å². The van der Waals surface area contributed by atoms with Crippen LogP contribution in [-0.2, 0) is 23.1 Å². The number of aromatic amines is 2. The zero-order valence-electron chi connectivity index (χ0n) is 30.9. The number of nitrogens with one attached hydrogen (secondary N) is 2. The van der Waals surface area contributed by atoms with Crippen LogP contribution in [0.4, 0.5) is 8.78 Å². The fraction of sp³-hybridized carbons (Fsp3) is 0.513. The smallest absolute Gasteiger partial charge is 0.334 e. The summed E-state index contributed by atoms with van der Waals surface area (Å²) in [6, 6.07) is 7.75. The van der Waals surface area contributed by atoms with Crippen molar-refractivity contribution < 1.29 is 23.0 Å². The van der Waals surface area contributed by atoms with E-state index in [1.165, 1.54) is 27.6 Å². The first-order chi connectivity index (χ1) is 26.7. The summed E-state index contributed by atoms with van der Waals surface area (Å²) in [6.07, 6.45) is 6.60. The van der Waals surface area contributed by atoms with Gasteiger partial charge in [0.1, 0.15) is 34.9 Å². The van der Waals surface area contributed by atoms with Crippen LogP contribution >= 0.6 is 0 Å². The number of hydrogen-bond acceptors (Lipinski definition) is 10. The third-order valence-electron chi connectivity index (χ3n) is 11.4. The van der Waals surface area contributed by atoms with Crippen LogP contribution in [0.5, 0.6) is 5.75 Å². The van der Waals surface area contributed by atoms with E-state index in [2.05, 4.69) is 29.9 Å². The number of H-pyrrole nitrogens is 2. The Hall–Kier alpha value is -4.77. The summed E-state index contributed by atoms with van der Waals surface area (Å²) >= 11 is 0. The molecule has 0 radical (unpaired) electrons. The number of halogens is 2. The highest BCUT2D eigenvalue weighted by atomic mass is 19.1. The van der Waals surface area contributed by atoms with Crippen molar-refractivity contribution in [2.24, 2.45) is 13.0 Å². The second-order valence-electron chi connectivity index (χ2n) is 14.9. The van der Waals surface area contributed by atoms with E-state index < -0.39 is 22.6 Å². The molecule has 3 aliphatic rings. The van der Waals surface area contributed by atoms with Gasteiger partial charge in [0.05, 0.1) is 18.2 Å². The Morgan fingerprint density at radius 2 is 1.64 bits per heavy atom. The first-order valence-electron chi connectivity index (χ1n) is 19.2. The molecular weight excluding hydrogens is 714 g/mol. The lowest BCUT2D eigenvalue weighted by atomic mass is 9.88. The lowest BCUT2D eigenvalue weighted by Gasteiger charge is -2.36. The number of hydrogen-bond donors (Lipinski definition) is 2. The number of rotatable bonds is 11. The lowest BCUT2D eigenvalue weighted by Crippen LogP contribution is -2.42. The average Bonchev–Trinajstić information content (AvgIpc) is 3.52. The van der Waals surface area contributed by atoms with E-state index in [1.54, 1.807) is 13.1 Å². The van der Waals surface area contributed by atoms with Crippen molar-refractivity contribution in [1.82, 2.24) is 39.1 Å². The largest absolute Gasteiger partial charge is 0.493 e. The maximum Gasteiger partial charge on any atom is 0.334 e. The molecule has 292 valence electrons. The molecule has 55 heavy (non-hydrogen) atoms. The summed E-state index contributed by atoms with van der Waals surface area (Å²) in [5.74, 6) is 0.424. The van der Waals surface area contributed by atoms with E-state index in [4.69, 9.17) is 14.2 Å². The molecule has 0 amide bonds. The summed E-state index contributed by atoms with van der Waals surface area (Å²) in [6.45, 7) is 7.45. The summed E-state index contributed by atoms with van der Waals surface area (Å²) < 4.78 is 51.0. The molecule has 3 saturated heterocycles. The van der Waals surface area contributed by atoms with Crippen molar-refractivity contribution in [1.29, 1.82) is 0 Å². The normalized spacial score (nSPS) is 18.5. The molecule has 8 rings (SSSR count). The first kappa shape index (κ1) is 37.2. The first-order valence-corrected chi connectivity index (χ1v) is 19.2. The van der Waals surface area contributed by atoms with E-state index >= 15 is 8.78 Å². The Morgan fingerprint density at radius 3 is 2.36 bits per heavy atom. The van der Waals surface area contributed by atoms with Crippen molar-refractivity contribution >= 4 is 21.8 Å². The number of ether oxygens (including phenoxy) is 3. The van der Waals surface area contributed by atoms with Gasteiger partial charge in [-0.3, -0.25) is 23.8 Å². The fourth-order valence-electron chi connectivity index (χ4n) is 8.18. The van der Waals surface area contributed by atoms with Gasteiger partial charge in [0, 0.05) is 63.1 Å². The minimum Gasteiger partial charge on any atom is -0.493 e. The van der Waals surface area contributed by atoms with Gasteiger partial charge in [0.2, 0.25) is 0 Å². The number of aromatic nitrogens is 6. The molecule has 0 bridgehead atoms. The van der Waals surface area contributed by atoms with E-state index in [0.717, 1.165) is 77.8 Å². The van der Waals surface area contributed by atoms with Crippen molar-refractivity contribution in [3.63, 3.8) is 0 Å². The molecule has 6 heterocycles. The number of nitrogens with zero attached hydrogens (tertiary/aromatic N) is 6. The maximum atomic E-state index is 16.0. The van der Waals surface area contributed by atoms with Crippen LogP contribution in [0.15, 0.2) is 50.9 Å². The maximum absolute atomic E-state index is 16.0. The Balaban J connectivity index is 0.797. The predicted molar refractivity (Wildman–Crippen MR) is 201 cm³/mol. The molecular formula is C39H46F2N8O6. The van der Waals surface area contributed by atoms with Crippen molar-refractivity contribution in [2.45, 2.75) is 57.2 Å². The zero-order valence-corrected chi connectivity index (χ0v) is 30.9. The average molecular weight is 761 g/mol. The Morgan fingerprint density at radius 1 is 0.909 bits per heavy atom. The molecule has 0 spiro atoms. The quantitative estimate of drug-likeness (QED) is 0.204. The molecule has 2 N–H and O–H groups in total. The lowest BCUT2D eigenvalue weighted by molar-refractivity contribution is -0.0408. The van der Waals surface area contributed by atoms with E-state index in [1.807, 2.05) is 12.1 Å². The van der Waals surface area contributed by atoms with Gasteiger partial charge in [0.25, 0.3) is 11.1 Å². The van der Waals surface area contributed by atoms with Gasteiger partial charge in [0.15, 0.2) is 11.6 Å². The Labute approximate surface area is 315 Å². The number of benzene rings is 2. The third-order valence-corrected chi connectivity index (χ3v) is 11.4. The van der Waals surface area contributed by atoms with E-state index in [0.29, 0.717) is 53.8 Å². The van der Waals surface area contributed by atoms with Gasteiger partial charge in [-0.1, -0.05) is 6.07 Å². The molecule has 3 fully saturated rings. The minimum absolute atomic E-state index is 0.0440. The van der Waals surface area contributed by atoms with Crippen molar-refractivity contribution in [2.75, 3.05) is 59.1 Å². The molecule has 14 nitrogen and oxygen atoms in total. The van der Waals surface area contributed by atoms with Gasteiger partial charge in [-0.05, 0) is 88.2 Å². The Bertz CT molecular complexity index is 2340. The predicted octanol–water partition coefficient (Wildman–Crippen LogP) is 3.59. The molecule has 5 aromatic rings. The molecule has 2 aromatic carbocycles. The summed E-state index contributed by atoms with van der Waals surface area (Å²) in [7, 11) is 1.66. The third kappa shape index (κ3) is 8.13. The van der Waals surface area contributed by atoms with Crippen LogP contribution in [0.3, 0.4) is 0 Å². The topological polar surface area (TPSA) is 153 Å². The van der Waals surface area contributed by atoms with Crippen LogP contribution in [0.25, 0.3) is 27.6 Å². The van der Waals surface area contributed by atoms with Gasteiger partial charge < -0.3 is 29.0 Å². The SMILES string of the molecule is Cn1nc(-n2ccc(=O)[nH]c2=O)c2ccc(C3CCN(CCN4CCC(COc5cc(F)c6c(=O)[nH]c(COC7CCOCC7)nc6c5)CC4)CC3)c(F)c21. The molecule has 0 atom stereocenters. The highest BCUT2D eigenvalue weighted by Gasteiger charge is 2.27. The van der Waals surface area contributed by atoms with E-state index in [-0.39, 0.29) is 41.2 Å². The van der Waals surface area contributed by atoms with Gasteiger partial charge in [-0.15, -0.1) is 0 Å². The van der Waals surface area contributed by atoms with Crippen LogP contribution < -0.4 is 21.5 Å². The highest BCUT2D eigenvalue weighted by Crippen LogP contribution is 2.34. The standard InChI is InChI=1S/C39H46F2N8O6/c1-46-36-29(37(45-46)49-15-8-33(50)44-39(49)52)3-2-28(35(36)41)25-6-13-48(14-7-25)17-16-47-11-4-24(5-12-47)22-54-27-20-30(40)34-31(21-27)42-32(43-38(34)51)23-55-26-9-18-53-19-10-26/h2-3,8,15,20-21,24-26H,4-7,9-14,16-19,22-23H2,1H3,(H,42,43,51)(H,44,50,52). The van der Waals surface area contributed by atoms with Crippen LogP contribution in [-0.4, -0.2) is 104 Å². The molecule has 0 unspecified atom stereocenters. The monoisotopic (exact) mass is 760 g/mol. The number of likely N-dealkylation sites (tertiary alicyclic amines) is 2. The van der Waals surface area contributed by atoms with Gasteiger partial charge in [-0.2, -0.15) is 5.10 Å². The number of fused-ring (bicyclic) bond motifs is 2. The van der Waals surface area contributed by atoms with Gasteiger partial charge in [-0.25, -0.2) is 18.6 Å². The number of piperidine rings is 2. The molecule has 0 aliphatic carbocycles. The summed E-state index contributed by atoms with van der Waals surface area (Å²) in [5.41, 5.74) is -0.421. The Kier molecular flexibility index (Phi) is 10.9. The fourth-order valence-corrected chi connectivity index (χ4v) is 8.18. The van der Waals surface area contributed by atoms with Crippen molar-refractivity contribution in [3.8, 4) is 11.6 Å². The summed E-state index contributed by atoms with van der Waals surface area (Å²) in [4.78, 5) is 50.9. The summed E-state index contributed by atoms with van der Waals surface area (Å²) in [5, 5.41) is 4.83. The van der Waals surface area contributed by atoms with Crippen LogP contribution in [0, 0.1) is 17.6 Å². The molecule has 3 aromatic heterocycles. The second kappa shape index (κ2) is 16.1. The number of aryl methyl sites for hydroxylation is 1. The van der Waals surface area contributed by atoms with E-state index in [9.17, 15) is 14.4 Å². The van der Waals surface area contributed by atoms with Crippen LogP contribution in [0.1, 0.15) is 55.8 Å². The molecule has 16 heteroatoms. The minimum atomic E-state index is -0.659. The van der Waals surface area contributed by atoms with Crippen molar-refractivity contribution in [3.05, 3.63) is 90.7 Å². The zero-order chi connectivity index (χ0) is 38.1.